The summed E-state index contributed by atoms with van der Waals surface area (Å²) < 4.78 is 0. The fourth-order valence-corrected chi connectivity index (χ4v) is 2.51. The molecule has 19 heavy (non-hydrogen) atoms. The second kappa shape index (κ2) is 5.40. The molecule has 2 rings (SSSR count). The second-order valence-corrected chi connectivity index (χ2v) is 5.52. The maximum atomic E-state index is 12.0. The van der Waals surface area contributed by atoms with E-state index in [1.165, 1.54) is 16.9 Å². The average Bonchev–Trinajstić information content (AvgIpc) is 2.79. The summed E-state index contributed by atoms with van der Waals surface area (Å²) in [6.45, 7) is 6.05. The Morgan fingerprint density at radius 2 is 2.16 bits per heavy atom. The third-order valence-corrected chi connectivity index (χ3v) is 3.68. The topological polar surface area (TPSA) is 68.0 Å². The van der Waals surface area contributed by atoms with Crippen molar-refractivity contribution in [3.05, 3.63) is 46.0 Å². The molecule has 0 aliphatic heterocycles. The number of rotatable bonds is 3. The number of nitrogens with zero attached hydrogens (tertiary/aromatic N) is 1. The number of nitrogen functional groups attached to an aromatic ring is 1. The summed E-state index contributed by atoms with van der Waals surface area (Å²) in [6, 6.07) is 6.16. The SMILES string of the molecule is Cc1ccc(C)c(C(C)NC(=O)c2csc(N)n2)c1. The van der Waals surface area contributed by atoms with Crippen molar-refractivity contribution >= 4 is 22.4 Å². The lowest BCUT2D eigenvalue weighted by Gasteiger charge is -2.16. The van der Waals surface area contributed by atoms with Gasteiger partial charge in [-0.05, 0) is 31.9 Å². The van der Waals surface area contributed by atoms with E-state index in [0.29, 0.717) is 10.8 Å². The van der Waals surface area contributed by atoms with Crippen molar-refractivity contribution in [2.75, 3.05) is 5.73 Å². The molecule has 0 saturated carbocycles. The Kier molecular flexibility index (Phi) is 3.85. The third-order valence-electron chi connectivity index (χ3n) is 3.00. The zero-order valence-corrected chi connectivity index (χ0v) is 12.0. The van der Waals surface area contributed by atoms with Crippen molar-refractivity contribution in [2.45, 2.75) is 26.8 Å². The molecule has 0 aliphatic carbocycles. The maximum absolute atomic E-state index is 12.0. The lowest BCUT2D eigenvalue weighted by molar-refractivity contribution is 0.0935. The lowest BCUT2D eigenvalue weighted by Crippen LogP contribution is -2.27. The minimum Gasteiger partial charge on any atom is -0.375 e. The number of hydrogen-bond donors (Lipinski definition) is 2. The Bertz CT molecular complexity index is 606. The molecule has 1 heterocycles. The Balaban J connectivity index is 2.14. The largest absolute Gasteiger partial charge is 0.375 e. The van der Waals surface area contributed by atoms with Gasteiger partial charge in [-0.15, -0.1) is 11.3 Å². The molecule has 0 bridgehead atoms. The van der Waals surface area contributed by atoms with Crippen LogP contribution in [0.4, 0.5) is 5.13 Å². The third kappa shape index (κ3) is 3.12. The number of carbonyl (C=O) groups is 1. The smallest absolute Gasteiger partial charge is 0.271 e. The second-order valence-electron chi connectivity index (χ2n) is 4.63. The van der Waals surface area contributed by atoms with Crippen LogP contribution >= 0.6 is 11.3 Å². The molecule has 2 aromatic rings. The van der Waals surface area contributed by atoms with Gasteiger partial charge >= 0.3 is 0 Å². The van der Waals surface area contributed by atoms with Gasteiger partial charge in [0, 0.05) is 5.38 Å². The zero-order valence-electron chi connectivity index (χ0n) is 11.2. The fourth-order valence-electron chi connectivity index (χ4n) is 1.97. The van der Waals surface area contributed by atoms with Crippen molar-refractivity contribution in [3.63, 3.8) is 0 Å². The van der Waals surface area contributed by atoms with Crippen LogP contribution in [0.5, 0.6) is 0 Å². The number of aryl methyl sites for hydroxylation is 2. The summed E-state index contributed by atoms with van der Waals surface area (Å²) in [7, 11) is 0. The molecule has 0 radical (unpaired) electrons. The minimum absolute atomic E-state index is 0.0599. The molecular weight excluding hydrogens is 258 g/mol. The monoisotopic (exact) mass is 275 g/mol. The molecule has 1 unspecified atom stereocenters. The van der Waals surface area contributed by atoms with E-state index in [1.54, 1.807) is 5.38 Å². The van der Waals surface area contributed by atoms with Crippen LogP contribution in [0.3, 0.4) is 0 Å². The standard InChI is InChI=1S/C14H17N3OS/c1-8-4-5-9(2)11(6-8)10(3)16-13(18)12-7-19-14(15)17-12/h4-7,10H,1-3H3,(H2,15,17)(H,16,18). The van der Waals surface area contributed by atoms with E-state index in [9.17, 15) is 4.79 Å². The minimum atomic E-state index is -0.193. The number of thiazole rings is 1. The van der Waals surface area contributed by atoms with Gasteiger partial charge in [-0.1, -0.05) is 23.8 Å². The molecule has 1 amide bonds. The number of anilines is 1. The number of hydrogen-bond acceptors (Lipinski definition) is 4. The van der Waals surface area contributed by atoms with Crippen LogP contribution < -0.4 is 11.1 Å². The predicted molar refractivity (Wildman–Crippen MR) is 78.3 cm³/mol. The van der Waals surface area contributed by atoms with E-state index in [0.717, 1.165) is 11.1 Å². The highest BCUT2D eigenvalue weighted by Crippen LogP contribution is 2.20. The summed E-state index contributed by atoms with van der Waals surface area (Å²) in [4.78, 5) is 16.0. The van der Waals surface area contributed by atoms with Crippen LogP contribution in [0, 0.1) is 13.8 Å². The Hall–Kier alpha value is -1.88. The molecule has 1 atom stereocenters. The Morgan fingerprint density at radius 3 is 2.79 bits per heavy atom. The van der Waals surface area contributed by atoms with Crippen LogP contribution in [0.15, 0.2) is 23.6 Å². The molecule has 0 fully saturated rings. The van der Waals surface area contributed by atoms with E-state index in [-0.39, 0.29) is 11.9 Å². The van der Waals surface area contributed by atoms with Gasteiger partial charge < -0.3 is 11.1 Å². The first-order chi connectivity index (χ1) is 8.97. The normalized spacial score (nSPS) is 12.2. The molecule has 0 aliphatic rings. The first kappa shape index (κ1) is 13.5. The maximum Gasteiger partial charge on any atom is 0.271 e. The Morgan fingerprint density at radius 1 is 1.42 bits per heavy atom. The lowest BCUT2D eigenvalue weighted by atomic mass is 10.00. The first-order valence-electron chi connectivity index (χ1n) is 6.06. The number of amides is 1. The van der Waals surface area contributed by atoms with Gasteiger partial charge in [0.25, 0.3) is 5.91 Å². The van der Waals surface area contributed by atoms with Crippen molar-refractivity contribution in [3.8, 4) is 0 Å². The molecule has 100 valence electrons. The van der Waals surface area contributed by atoms with E-state index < -0.39 is 0 Å². The summed E-state index contributed by atoms with van der Waals surface area (Å²) in [5.74, 6) is -0.193. The quantitative estimate of drug-likeness (QED) is 0.905. The van der Waals surface area contributed by atoms with Crippen molar-refractivity contribution in [2.24, 2.45) is 0 Å². The predicted octanol–water partition coefficient (Wildman–Crippen LogP) is 2.83. The van der Waals surface area contributed by atoms with Gasteiger partial charge in [-0.2, -0.15) is 0 Å². The fraction of sp³-hybridized carbons (Fsp3) is 0.286. The summed E-state index contributed by atoms with van der Waals surface area (Å²) in [5.41, 5.74) is 9.37. The summed E-state index contributed by atoms with van der Waals surface area (Å²) in [5, 5.41) is 5.02. The molecular formula is C14H17N3OS. The van der Waals surface area contributed by atoms with Gasteiger partial charge in [0.15, 0.2) is 5.13 Å². The van der Waals surface area contributed by atoms with E-state index in [1.807, 2.05) is 20.8 Å². The first-order valence-corrected chi connectivity index (χ1v) is 6.94. The average molecular weight is 275 g/mol. The number of aromatic nitrogens is 1. The van der Waals surface area contributed by atoms with E-state index >= 15 is 0 Å². The summed E-state index contributed by atoms with van der Waals surface area (Å²) >= 11 is 1.27. The van der Waals surface area contributed by atoms with Crippen LogP contribution in [0.1, 0.15) is 40.1 Å². The van der Waals surface area contributed by atoms with Gasteiger partial charge in [-0.3, -0.25) is 4.79 Å². The molecule has 1 aromatic carbocycles. The zero-order chi connectivity index (χ0) is 14.0. The number of carbonyl (C=O) groups excluding carboxylic acids is 1. The number of nitrogens with one attached hydrogen (secondary N) is 1. The molecule has 0 spiro atoms. The van der Waals surface area contributed by atoms with E-state index in [4.69, 9.17) is 5.73 Å². The summed E-state index contributed by atoms with van der Waals surface area (Å²) in [6.07, 6.45) is 0. The highest BCUT2D eigenvalue weighted by Gasteiger charge is 2.15. The van der Waals surface area contributed by atoms with Gasteiger partial charge in [0.1, 0.15) is 5.69 Å². The number of benzene rings is 1. The highest BCUT2D eigenvalue weighted by atomic mass is 32.1. The van der Waals surface area contributed by atoms with Crippen molar-refractivity contribution in [1.82, 2.24) is 10.3 Å². The van der Waals surface area contributed by atoms with E-state index in [2.05, 4.69) is 28.5 Å². The number of nitrogens with two attached hydrogens (primary N) is 1. The molecule has 4 nitrogen and oxygen atoms in total. The van der Waals surface area contributed by atoms with Gasteiger partial charge in [0.05, 0.1) is 6.04 Å². The van der Waals surface area contributed by atoms with Gasteiger partial charge in [0.2, 0.25) is 0 Å². The van der Waals surface area contributed by atoms with Crippen molar-refractivity contribution in [1.29, 1.82) is 0 Å². The van der Waals surface area contributed by atoms with Crippen LogP contribution in [0.25, 0.3) is 0 Å². The van der Waals surface area contributed by atoms with Crippen LogP contribution in [-0.4, -0.2) is 10.9 Å². The molecule has 5 heteroatoms. The highest BCUT2D eigenvalue weighted by molar-refractivity contribution is 7.13. The molecule has 1 aromatic heterocycles. The van der Waals surface area contributed by atoms with Gasteiger partial charge in [-0.25, -0.2) is 4.98 Å². The van der Waals surface area contributed by atoms with Crippen LogP contribution in [-0.2, 0) is 0 Å². The van der Waals surface area contributed by atoms with Crippen LogP contribution in [0.2, 0.25) is 0 Å². The van der Waals surface area contributed by atoms with Crippen molar-refractivity contribution < 1.29 is 4.79 Å². The Labute approximate surface area is 116 Å². The molecule has 0 saturated heterocycles. The molecule has 3 N–H and O–H groups in total.